The predicted octanol–water partition coefficient (Wildman–Crippen LogP) is 0.900. The molecule has 1 saturated carbocycles. The summed E-state index contributed by atoms with van der Waals surface area (Å²) in [6.07, 6.45) is 1.55. The first-order valence-corrected chi connectivity index (χ1v) is 5.35. The van der Waals surface area contributed by atoms with E-state index in [-0.39, 0.29) is 12.5 Å². The highest BCUT2D eigenvalue weighted by Crippen LogP contribution is 2.60. The number of rotatable bonds is 2. The summed E-state index contributed by atoms with van der Waals surface area (Å²) >= 11 is 0. The van der Waals surface area contributed by atoms with Crippen LogP contribution in [0, 0.1) is 5.41 Å². The summed E-state index contributed by atoms with van der Waals surface area (Å²) in [6, 6.07) is 0.0134. The van der Waals surface area contributed by atoms with Gasteiger partial charge < -0.3 is 10.6 Å². The van der Waals surface area contributed by atoms with Gasteiger partial charge in [-0.25, -0.2) is 8.78 Å². The van der Waals surface area contributed by atoms with Gasteiger partial charge in [-0.2, -0.15) is 0 Å². The van der Waals surface area contributed by atoms with Gasteiger partial charge in [-0.05, 0) is 26.3 Å². The number of amides is 1. The average Bonchev–Trinajstić information content (AvgIpc) is 2.69. The van der Waals surface area contributed by atoms with Gasteiger partial charge in [0, 0.05) is 19.0 Å². The fourth-order valence-electron chi connectivity index (χ4n) is 1.97. The molecule has 0 radical (unpaired) electrons. The molecule has 2 N–H and O–H groups in total. The number of hydrogen-bond donors (Lipinski definition) is 2. The maximum Gasteiger partial charge on any atom is 0.263 e. The van der Waals surface area contributed by atoms with Crippen molar-refractivity contribution in [1.82, 2.24) is 10.6 Å². The van der Waals surface area contributed by atoms with Gasteiger partial charge in [-0.1, -0.05) is 0 Å². The van der Waals surface area contributed by atoms with E-state index in [1.807, 2.05) is 0 Å². The van der Waals surface area contributed by atoms with Gasteiger partial charge in [0.25, 0.3) is 5.92 Å². The number of hydrogen-bond acceptors (Lipinski definition) is 2. The Labute approximate surface area is 87.6 Å². The van der Waals surface area contributed by atoms with Crippen LogP contribution >= 0.6 is 0 Å². The molecule has 3 nitrogen and oxygen atoms in total. The van der Waals surface area contributed by atoms with Gasteiger partial charge in [0.15, 0.2) is 0 Å². The number of nitrogens with one attached hydrogen (secondary N) is 2. The van der Waals surface area contributed by atoms with Crippen LogP contribution in [0.2, 0.25) is 0 Å². The molecule has 1 heterocycles. The minimum Gasteiger partial charge on any atom is -0.351 e. The third-order valence-corrected chi connectivity index (χ3v) is 3.39. The Morgan fingerprint density at radius 2 is 2.20 bits per heavy atom. The fourth-order valence-corrected chi connectivity index (χ4v) is 1.97. The fraction of sp³-hybridized carbons (Fsp3) is 0.900. The lowest BCUT2D eigenvalue weighted by Crippen LogP contribution is -2.48. The third-order valence-electron chi connectivity index (χ3n) is 3.39. The van der Waals surface area contributed by atoms with Crippen molar-refractivity contribution in [2.24, 2.45) is 5.41 Å². The second kappa shape index (κ2) is 3.40. The molecule has 0 aromatic heterocycles. The summed E-state index contributed by atoms with van der Waals surface area (Å²) in [5.41, 5.74) is -1.45. The molecular weight excluding hydrogens is 202 g/mol. The standard InChI is InChI=1S/C10H16F2N2O/c1-9(6-10(9,11)12)8(15)14-7-3-2-4-13-5-7/h7,13H,2-6H2,1H3,(H,14,15)/t7-,9?/m0/s1. The van der Waals surface area contributed by atoms with Crippen LogP contribution in [-0.4, -0.2) is 31.0 Å². The molecule has 1 saturated heterocycles. The van der Waals surface area contributed by atoms with Crippen molar-refractivity contribution >= 4 is 5.91 Å². The molecule has 0 aromatic carbocycles. The predicted molar refractivity (Wildman–Crippen MR) is 51.7 cm³/mol. The Kier molecular flexibility index (Phi) is 2.45. The number of piperidine rings is 1. The molecule has 15 heavy (non-hydrogen) atoms. The maximum absolute atomic E-state index is 12.9. The Balaban J connectivity index is 1.87. The van der Waals surface area contributed by atoms with Crippen LogP contribution in [0.25, 0.3) is 0 Å². The van der Waals surface area contributed by atoms with Crippen LogP contribution in [0.3, 0.4) is 0 Å². The van der Waals surface area contributed by atoms with Gasteiger partial charge >= 0.3 is 0 Å². The summed E-state index contributed by atoms with van der Waals surface area (Å²) < 4.78 is 25.8. The lowest BCUT2D eigenvalue weighted by atomic mass is 10.0. The molecule has 2 fully saturated rings. The average molecular weight is 218 g/mol. The van der Waals surface area contributed by atoms with Crippen molar-refractivity contribution in [1.29, 1.82) is 0 Å². The molecule has 2 rings (SSSR count). The Morgan fingerprint density at radius 3 is 2.67 bits per heavy atom. The summed E-state index contributed by atoms with van der Waals surface area (Å²) in [5.74, 6) is -3.31. The van der Waals surface area contributed by atoms with Crippen LogP contribution < -0.4 is 10.6 Å². The van der Waals surface area contributed by atoms with Gasteiger partial charge in [-0.3, -0.25) is 4.79 Å². The van der Waals surface area contributed by atoms with Gasteiger partial charge in [0.05, 0.1) is 0 Å². The Hall–Kier alpha value is -0.710. The van der Waals surface area contributed by atoms with Crippen LogP contribution in [0.15, 0.2) is 0 Å². The molecule has 2 atom stereocenters. The lowest BCUT2D eigenvalue weighted by molar-refractivity contribution is -0.130. The molecule has 0 spiro atoms. The first-order chi connectivity index (χ1) is 6.96. The second-order valence-corrected chi connectivity index (χ2v) is 4.73. The summed E-state index contributed by atoms with van der Waals surface area (Å²) in [4.78, 5) is 11.6. The van der Waals surface area contributed by atoms with Crippen molar-refractivity contribution in [3.05, 3.63) is 0 Å². The Bertz CT molecular complexity index is 277. The summed E-state index contributed by atoms with van der Waals surface area (Å²) in [7, 11) is 0. The molecule has 1 aliphatic carbocycles. The molecule has 1 amide bonds. The van der Waals surface area contributed by atoms with E-state index in [0.717, 1.165) is 19.4 Å². The lowest BCUT2D eigenvalue weighted by Gasteiger charge is -2.25. The van der Waals surface area contributed by atoms with Crippen LogP contribution in [0.5, 0.6) is 0 Å². The van der Waals surface area contributed by atoms with Crippen LogP contribution in [0.4, 0.5) is 8.78 Å². The molecule has 86 valence electrons. The Morgan fingerprint density at radius 1 is 1.53 bits per heavy atom. The zero-order chi connectivity index (χ0) is 11.1. The minimum absolute atomic E-state index is 0.0134. The van der Waals surface area contributed by atoms with E-state index in [1.54, 1.807) is 0 Å². The number of alkyl halides is 2. The first-order valence-electron chi connectivity index (χ1n) is 5.35. The highest BCUT2D eigenvalue weighted by atomic mass is 19.3. The van der Waals surface area contributed by atoms with Crippen molar-refractivity contribution in [3.63, 3.8) is 0 Å². The van der Waals surface area contributed by atoms with Crippen molar-refractivity contribution < 1.29 is 13.6 Å². The van der Waals surface area contributed by atoms with E-state index in [4.69, 9.17) is 0 Å². The topological polar surface area (TPSA) is 41.1 Å². The maximum atomic E-state index is 12.9. The molecule has 0 aromatic rings. The van der Waals surface area contributed by atoms with Crippen molar-refractivity contribution in [3.8, 4) is 0 Å². The summed E-state index contributed by atoms with van der Waals surface area (Å²) in [5, 5.41) is 5.83. The molecule has 5 heteroatoms. The largest absolute Gasteiger partial charge is 0.351 e. The minimum atomic E-state index is -2.81. The van der Waals surface area contributed by atoms with E-state index in [0.29, 0.717) is 6.54 Å². The van der Waals surface area contributed by atoms with Crippen LogP contribution in [0.1, 0.15) is 26.2 Å². The van der Waals surface area contributed by atoms with Crippen LogP contribution in [-0.2, 0) is 4.79 Å². The quantitative estimate of drug-likeness (QED) is 0.723. The van der Waals surface area contributed by atoms with Crippen molar-refractivity contribution in [2.45, 2.75) is 38.2 Å². The van der Waals surface area contributed by atoms with E-state index >= 15 is 0 Å². The zero-order valence-corrected chi connectivity index (χ0v) is 8.78. The molecule has 1 unspecified atom stereocenters. The molecule has 0 bridgehead atoms. The van der Waals surface area contributed by atoms with Gasteiger partial charge in [-0.15, -0.1) is 0 Å². The van der Waals surface area contributed by atoms with Gasteiger partial charge in [0.1, 0.15) is 5.41 Å². The van der Waals surface area contributed by atoms with E-state index in [9.17, 15) is 13.6 Å². The monoisotopic (exact) mass is 218 g/mol. The zero-order valence-electron chi connectivity index (χ0n) is 8.78. The molecule has 2 aliphatic rings. The SMILES string of the molecule is CC1(C(=O)N[C@H]2CCCNC2)CC1(F)F. The number of carbonyl (C=O) groups excluding carboxylic acids is 1. The first kappa shape index (κ1) is 10.8. The van der Waals surface area contributed by atoms with Crippen molar-refractivity contribution in [2.75, 3.05) is 13.1 Å². The smallest absolute Gasteiger partial charge is 0.263 e. The second-order valence-electron chi connectivity index (χ2n) is 4.73. The molecule has 1 aliphatic heterocycles. The third kappa shape index (κ3) is 1.85. The highest BCUT2D eigenvalue weighted by Gasteiger charge is 2.72. The number of carbonyl (C=O) groups is 1. The normalized spacial score (nSPS) is 38.5. The van der Waals surface area contributed by atoms with E-state index < -0.39 is 17.2 Å². The number of halogens is 2. The van der Waals surface area contributed by atoms with E-state index in [1.165, 1.54) is 6.92 Å². The van der Waals surface area contributed by atoms with Gasteiger partial charge in [0.2, 0.25) is 5.91 Å². The molecular formula is C10H16F2N2O. The van der Waals surface area contributed by atoms with E-state index in [2.05, 4.69) is 10.6 Å². The summed E-state index contributed by atoms with van der Waals surface area (Å²) in [6.45, 7) is 2.96. The highest BCUT2D eigenvalue weighted by molar-refractivity contribution is 5.87.